The molecule has 0 radical (unpaired) electrons. The number of ether oxygens (including phenoxy) is 2. The monoisotopic (exact) mass is 411 g/mol. The third-order valence-electron chi connectivity index (χ3n) is 5.06. The lowest BCUT2D eigenvalue weighted by Gasteiger charge is -2.34. The standard InChI is InChI=1S/C22H25N3O5/c1-29-20-15-18(19(25(27)28)16-21(20)30-2)22(26)24-13-11-23(12-14-24)10-6-9-17-7-4-3-5-8-17/h3-9,15-16H,10-14H2,1-2H3. The van der Waals surface area contributed by atoms with Crippen molar-refractivity contribution in [2.24, 2.45) is 0 Å². The third kappa shape index (κ3) is 4.96. The summed E-state index contributed by atoms with van der Waals surface area (Å²) in [4.78, 5) is 27.8. The Morgan fingerprint density at radius 1 is 1.07 bits per heavy atom. The van der Waals surface area contributed by atoms with Crippen molar-refractivity contribution in [3.63, 3.8) is 0 Å². The quantitative estimate of drug-likeness (QED) is 0.514. The van der Waals surface area contributed by atoms with Gasteiger partial charge in [0.25, 0.3) is 11.6 Å². The van der Waals surface area contributed by atoms with E-state index in [1.807, 2.05) is 30.3 Å². The topological polar surface area (TPSA) is 85.2 Å². The molecule has 0 spiro atoms. The summed E-state index contributed by atoms with van der Waals surface area (Å²) >= 11 is 0. The lowest BCUT2D eigenvalue weighted by molar-refractivity contribution is -0.385. The summed E-state index contributed by atoms with van der Waals surface area (Å²) in [7, 11) is 2.83. The van der Waals surface area contributed by atoms with E-state index in [-0.39, 0.29) is 28.7 Å². The molecule has 0 saturated carbocycles. The number of piperazine rings is 1. The summed E-state index contributed by atoms with van der Waals surface area (Å²) in [5, 5.41) is 11.5. The van der Waals surface area contributed by atoms with E-state index in [0.29, 0.717) is 26.2 Å². The predicted molar refractivity (Wildman–Crippen MR) is 114 cm³/mol. The van der Waals surface area contributed by atoms with Crippen LogP contribution in [0.1, 0.15) is 15.9 Å². The van der Waals surface area contributed by atoms with Gasteiger partial charge in [-0.3, -0.25) is 19.8 Å². The summed E-state index contributed by atoms with van der Waals surface area (Å²) in [5.41, 5.74) is 0.869. The molecule has 0 bridgehead atoms. The van der Waals surface area contributed by atoms with Crippen molar-refractivity contribution in [1.82, 2.24) is 9.80 Å². The second-order valence-corrected chi connectivity index (χ2v) is 6.89. The summed E-state index contributed by atoms with van der Waals surface area (Å²) in [5.74, 6) is 0.133. The van der Waals surface area contributed by atoms with Gasteiger partial charge in [-0.2, -0.15) is 0 Å². The molecular formula is C22H25N3O5. The van der Waals surface area contributed by atoms with Crippen molar-refractivity contribution < 1.29 is 19.2 Å². The fraction of sp³-hybridized carbons (Fsp3) is 0.318. The van der Waals surface area contributed by atoms with Crippen molar-refractivity contribution >= 4 is 17.7 Å². The van der Waals surface area contributed by atoms with Crippen molar-refractivity contribution in [3.8, 4) is 11.5 Å². The largest absolute Gasteiger partial charge is 0.493 e. The molecule has 8 nitrogen and oxygen atoms in total. The van der Waals surface area contributed by atoms with Gasteiger partial charge in [0.2, 0.25) is 0 Å². The molecule has 3 rings (SSSR count). The highest BCUT2D eigenvalue weighted by atomic mass is 16.6. The van der Waals surface area contributed by atoms with Crippen LogP contribution in [-0.4, -0.2) is 67.6 Å². The molecule has 2 aromatic carbocycles. The maximum absolute atomic E-state index is 13.0. The molecular weight excluding hydrogens is 386 g/mol. The number of carbonyl (C=O) groups excluding carboxylic acids is 1. The fourth-order valence-electron chi connectivity index (χ4n) is 3.40. The van der Waals surface area contributed by atoms with E-state index in [9.17, 15) is 14.9 Å². The molecule has 0 unspecified atom stereocenters. The zero-order valence-electron chi connectivity index (χ0n) is 17.1. The molecule has 8 heteroatoms. The van der Waals surface area contributed by atoms with Gasteiger partial charge in [0, 0.05) is 38.8 Å². The van der Waals surface area contributed by atoms with Crippen LogP contribution < -0.4 is 9.47 Å². The molecule has 0 aromatic heterocycles. The third-order valence-corrected chi connectivity index (χ3v) is 5.06. The Kier molecular flexibility index (Phi) is 7.03. The average molecular weight is 411 g/mol. The molecule has 158 valence electrons. The summed E-state index contributed by atoms with van der Waals surface area (Å²) in [6.45, 7) is 3.19. The Hall–Kier alpha value is -3.39. The minimum atomic E-state index is -0.570. The highest BCUT2D eigenvalue weighted by molar-refractivity contribution is 5.99. The van der Waals surface area contributed by atoms with Crippen LogP contribution in [0.2, 0.25) is 0 Å². The maximum atomic E-state index is 13.0. The number of nitrogens with zero attached hydrogens (tertiary/aromatic N) is 3. The van der Waals surface area contributed by atoms with Crippen molar-refractivity contribution in [3.05, 3.63) is 69.8 Å². The number of hydrogen-bond acceptors (Lipinski definition) is 6. The molecule has 30 heavy (non-hydrogen) atoms. The number of carbonyl (C=O) groups is 1. The Morgan fingerprint density at radius 3 is 2.30 bits per heavy atom. The Bertz CT molecular complexity index is 922. The number of hydrogen-bond donors (Lipinski definition) is 0. The number of benzene rings is 2. The van der Waals surface area contributed by atoms with E-state index in [1.165, 1.54) is 26.4 Å². The minimum Gasteiger partial charge on any atom is -0.493 e. The van der Waals surface area contributed by atoms with E-state index >= 15 is 0 Å². The summed E-state index contributed by atoms with van der Waals surface area (Å²) < 4.78 is 10.3. The van der Waals surface area contributed by atoms with Crippen LogP contribution in [0.25, 0.3) is 6.08 Å². The van der Waals surface area contributed by atoms with Gasteiger partial charge in [0.1, 0.15) is 5.56 Å². The first-order valence-corrected chi connectivity index (χ1v) is 9.67. The van der Waals surface area contributed by atoms with Crippen molar-refractivity contribution in [2.45, 2.75) is 0 Å². The Labute approximate surface area is 175 Å². The second kappa shape index (κ2) is 9.89. The van der Waals surface area contributed by atoms with Crippen LogP contribution >= 0.6 is 0 Å². The number of amides is 1. The molecule has 1 saturated heterocycles. The van der Waals surface area contributed by atoms with Crippen LogP contribution in [0, 0.1) is 10.1 Å². The summed E-state index contributed by atoms with van der Waals surface area (Å²) in [6, 6.07) is 12.7. The molecule has 0 atom stereocenters. The van der Waals surface area contributed by atoms with Gasteiger partial charge in [-0.05, 0) is 5.56 Å². The van der Waals surface area contributed by atoms with E-state index in [4.69, 9.17) is 9.47 Å². The number of methoxy groups -OCH3 is 2. The summed E-state index contributed by atoms with van der Waals surface area (Å²) in [6.07, 6.45) is 4.18. The first kappa shape index (κ1) is 21.3. The zero-order chi connectivity index (χ0) is 21.5. The van der Waals surface area contributed by atoms with E-state index in [0.717, 1.165) is 12.1 Å². The van der Waals surface area contributed by atoms with Gasteiger partial charge in [0.05, 0.1) is 25.2 Å². The smallest absolute Gasteiger partial charge is 0.286 e. The molecule has 1 fully saturated rings. The number of rotatable bonds is 7. The molecule has 1 amide bonds. The first-order chi connectivity index (χ1) is 14.5. The highest BCUT2D eigenvalue weighted by Gasteiger charge is 2.29. The SMILES string of the molecule is COc1cc(C(=O)N2CCN(CC=Cc3ccccc3)CC2)c([N+](=O)[O-])cc1OC. The molecule has 2 aromatic rings. The second-order valence-electron chi connectivity index (χ2n) is 6.89. The van der Waals surface area contributed by atoms with Gasteiger partial charge < -0.3 is 14.4 Å². The van der Waals surface area contributed by atoms with Crippen molar-refractivity contribution in [1.29, 1.82) is 0 Å². The maximum Gasteiger partial charge on any atom is 0.286 e. The zero-order valence-corrected chi connectivity index (χ0v) is 17.1. The molecule has 0 N–H and O–H groups in total. The minimum absolute atomic E-state index is 0.00933. The van der Waals surface area contributed by atoms with Gasteiger partial charge in [0.15, 0.2) is 11.5 Å². The lowest BCUT2D eigenvalue weighted by Crippen LogP contribution is -2.48. The van der Waals surface area contributed by atoms with E-state index in [2.05, 4.69) is 17.1 Å². The van der Waals surface area contributed by atoms with Crippen LogP contribution in [0.5, 0.6) is 11.5 Å². The number of nitro groups is 1. The van der Waals surface area contributed by atoms with Gasteiger partial charge >= 0.3 is 0 Å². The number of nitro benzene ring substituents is 1. The van der Waals surface area contributed by atoms with Crippen LogP contribution in [-0.2, 0) is 0 Å². The highest BCUT2D eigenvalue weighted by Crippen LogP contribution is 2.35. The molecule has 1 heterocycles. The van der Waals surface area contributed by atoms with Crippen LogP contribution in [0.3, 0.4) is 0 Å². The molecule has 0 aliphatic carbocycles. The normalized spacial score (nSPS) is 14.7. The first-order valence-electron chi connectivity index (χ1n) is 9.67. The Balaban J connectivity index is 1.65. The van der Waals surface area contributed by atoms with Crippen molar-refractivity contribution in [2.75, 3.05) is 46.9 Å². The predicted octanol–water partition coefficient (Wildman–Crippen LogP) is 3.08. The van der Waals surface area contributed by atoms with Gasteiger partial charge in [-0.1, -0.05) is 42.5 Å². The fourth-order valence-corrected chi connectivity index (χ4v) is 3.40. The molecule has 1 aliphatic heterocycles. The van der Waals surface area contributed by atoms with E-state index < -0.39 is 4.92 Å². The Morgan fingerprint density at radius 2 is 1.70 bits per heavy atom. The van der Waals surface area contributed by atoms with Crippen LogP contribution in [0.4, 0.5) is 5.69 Å². The lowest BCUT2D eigenvalue weighted by atomic mass is 10.1. The average Bonchev–Trinajstić information content (AvgIpc) is 2.78. The van der Waals surface area contributed by atoms with Crippen LogP contribution in [0.15, 0.2) is 48.5 Å². The van der Waals surface area contributed by atoms with E-state index in [1.54, 1.807) is 4.90 Å². The van der Waals surface area contributed by atoms with Gasteiger partial charge in [-0.25, -0.2) is 0 Å². The molecule has 1 aliphatic rings. The van der Waals surface area contributed by atoms with Gasteiger partial charge in [-0.15, -0.1) is 0 Å².